The predicted octanol–water partition coefficient (Wildman–Crippen LogP) is 1.03. The summed E-state index contributed by atoms with van der Waals surface area (Å²) in [5.41, 5.74) is 0.353. The third-order valence-corrected chi connectivity index (χ3v) is 3.49. The summed E-state index contributed by atoms with van der Waals surface area (Å²) >= 11 is 0. The Morgan fingerprint density at radius 3 is 2.71 bits per heavy atom. The second kappa shape index (κ2) is 4.64. The van der Waals surface area contributed by atoms with Crippen molar-refractivity contribution in [3.63, 3.8) is 0 Å². The molecule has 0 atom stereocenters. The molecular weight excluding hydrogens is 242 g/mol. The van der Waals surface area contributed by atoms with Crippen molar-refractivity contribution in [2.24, 2.45) is 0 Å². The molecule has 0 aliphatic heterocycles. The van der Waals surface area contributed by atoms with Gasteiger partial charge in [-0.05, 0) is 12.1 Å². The largest absolute Gasteiger partial charge is 0.451 e. The summed E-state index contributed by atoms with van der Waals surface area (Å²) < 4.78 is 31.0. The third-order valence-electron chi connectivity index (χ3n) is 2.01. The first kappa shape index (κ1) is 11.7. The average molecular weight is 253 g/mol. The Balaban J connectivity index is 2.50. The van der Waals surface area contributed by atoms with Crippen molar-refractivity contribution in [1.82, 2.24) is 14.7 Å². The molecule has 2 heterocycles. The number of rotatable bonds is 4. The molecule has 2 rings (SSSR count). The van der Waals surface area contributed by atoms with Crippen molar-refractivity contribution in [2.75, 3.05) is 6.54 Å². The summed E-state index contributed by atoms with van der Waals surface area (Å²) in [6, 6.07) is 3.18. The molecule has 1 N–H and O–H groups in total. The van der Waals surface area contributed by atoms with Gasteiger partial charge in [0.15, 0.2) is 5.82 Å². The second-order valence-electron chi connectivity index (χ2n) is 3.20. The van der Waals surface area contributed by atoms with Crippen LogP contribution in [0.5, 0.6) is 0 Å². The van der Waals surface area contributed by atoms with Crippen molar-refractivity contribution >= 4 is 10.0 Å². The quantitative estimate of drug-likeness (QED) is 0.879. The highest BCUT2D eigenvalue weighted by Gasteiger charge is 2.23. The van der Waals surface area contributed by atoms with Crippen molar-refractivity contribution in [1.29, 1.82) is 0 Å². The van der Waals surface area contributed by atoms with Gasteiger partial charge in [-0.2, -0.15) is 0 Å². The van der Waals surface area contributed by atoms with E-state index in [1.165, 1.54) is 12.3 Å². The minimum absolute atomic E-state index is 0.162. The van der Waals surface area contributed by atoms with Crippen LogP contribution >= 0.6 is 0 Å². The highest BCUT2D eigenvalue weighted by molar-refractivity contribution is 7.89. The molecule has 0 aromatic carbocycles. The summed E-state index contributed by atoms with van der Waals surface area (Å²) in [5.74, 6) is 0.317. The van der Waals surface area contributed by atoms with Gasteiger partial charge in [-0.1, -0.05) is 6.92 Å². The highest BCUT2D eigenvalue weighted by atomic mass is 32.2. The van der Waals surface area contributed by atoms with Crippen LogP contribution in [0.25, 0.3) is 11.4 Å². The smallest absolute Gasteiger partial charge is 0.274 e. The molecule has 0 unspecified atom stereocenters. The molecule has 0 spiro atoms. The van der Waals surface area contributed by atoms with Crippen molar-refractivity contribution in [3.05, 3.63) is 30.8 Å². The summed E-state index contributed by atoms with van der Waals surface area (Å²) in [6.07, 6.45) is 4.38. The highest BCUT2D eigenvalue weighted by Crippen LogP contribution is 2.24. The molecule has 0 fully saturated rings. The van der Waals surface area contributed by atoms with Crippen molar-refractivity contribution in [2.45, 2.75) is 12.0 Å². The maximum atomic E-state index is 11.8. The van der Waals surface area contributed by atoms with Crippen molar-refractivity contribution < 1.29 is 12.8 Å². The zero-order chi connectivity index (χ0) is 12.3. The maximum Gasteiger partial charge on any atom is 0.274 e. The van der Waals surface area contributed by atoms with E-state index in [2.05, 4.69) is 14.7 Å². The van der Waals surface area contributed by atoms with Gasteiger partial charge in [0, 0.05) is 18.9 Å². The fourth-order valence-electron chi connectivity index (χ4n) is 1.36. The molecule has 2 aromatic heterocycles. The van der Waals surface area contributed by atoms with Crippen LogP contribution in [-0.4, -0.2) is 24.9 Å². The van der Waals surface area contributed by atoms with E-state index in [4.69, 9.17) is 4.42 Å². The van der Waals surface area contributed by atoms with Gasteiger partial charge in [0.05, 0.1) is 11.8 Å². The van der Waals surface area contributed by atoms with Gasteiger partial charge in [-0.25, -0.2) is 23.1 Å². The van der Waals surface area contributed by atoms with Gasteiger partial charge in [0.25, 0.3) is 10.0 Å². The fourth-order valence-corrected chi connectivity index (χ4v) is 2.51. The minimum atomic E-state index is -3.64. The molecular formula is C10H11N3O3S. The van der Waals surface area contributed by atoms with Gasteiger partial charge >= 0.3 is 0 Å². The molecule has 17 heavy (non-hydrogen) atoms. The maximum absolute atomic E-state index is 11.8. The van der Waals surface area contributed by atoms with E-state index >= 15 is 0 Å². The van der Waals surface area contributed by atoms with Crippen LogP contribution < -0.4 is 4.72 Å². The summed E-state index contributed by atoms with van der Waals surface area (Å²) in [6.45, 7) is 1.98. The monoisotopic (exact) mass is 253 g/mol. The van der Waals surface area contributed by atoms with E-state index in [0.717, 1.165) is 0 Å². The van der Waals surface area contributed by atoms with Crippen LogP contribution in [0.15, 0.2) is 40.3 Å². The molecule has 0 amide bonds. The predicted molar refractivity (Wildman–Crippen MR) is 60.6 cm³/mol. The Morgan fingerprint density at radius 2 is 2.06 bits per heavy atom. The normalized spacial score (nSPS) is 11.6. The lowest BCUT2D eigenvalue weighted by Crippen LogP contribution is -2.23. The first-order valence-corrected chi connectivity index (χ1v) is 6.48. The Morgan fingerprint density at radius 1 is 1.35 bits per heavy atom. The average Bonchev–Trinajstić information content (AvgIpc) is 2.79. The van der Waals surface area contributed by atoms with Crippen LogP contribution in [0, 0.1) is 0 Å². The van der Waals surface area contributed by atoms with Crippen molar-refractivity contribution in [3.8, 4) is 11.4 Å². The first-order chi connectivity index (χ1) is 8.15. The number of sulfonamides is 1. The van der Waals surface area contributed by atoms with E-state index < -0.39 is 10.0 Å². The van der Waals surface area contributed by atoms with E-state index in [9.17, 15) is 8.42 Å². The number of hydrogen-bond donors (Lipinski definition) is 1. The summed E-state index contributed by atoms with van der Waals surface area (Å²) in [7, 11) is -3.64. The van der Waals surface area contributed by atoms with Gasteiger partial charge < -0.3 is 4.42 Å². The molecule has 6 nitrogen and oxygen atoms in total. The van der Waals surface area contributed by atoms with Crippen LogP contribution in [-0.2, 0) is 10.0 Å². The van der Waals surface area contributed by atoms with Gasteiger partial charge in [0.2, 0.25) is 5.09 Å². The molecule has 0 saturated heterocycles. The van der Waals surface area contributed by atoms with Gasteiger partial charge in [-0.15, -0.1) is 0 Å². The Kier molecular flexibility index (Phi) is 3.21. The number of nitrogens with zero attached hydrogens (tertiary/aromatic N) is 2. The minimum Gasteiger partial charge on any atom is -0.451 e. The zero-order valence-corrected chi connectivity index (χ0v) is 9.94. The Labute approximate surface area is 98.8 Å². The summed E-state index contributed by atoms with van der Waals surface area (Å²) in [4.78, 5) is 7.98. The lowest BCUT2D eigenvalue weighted by molar-refractivity contribution is 0.447. The molecule has 90 valence electrons. The van der Waals surface area contributed by atoms with E-state index in [-0.39, 0.29) is 11.6 Å². The first-order valence-electron chi connectivity index (χ1n) is 4.99. The van der Waals surface area contributed by atoms with E-state index in [1.54, 1.807) is 25.4 Å². The molecule has 7 heteroatoms. The van der Waals surface area contributed by atoms with Crippen LogP contribution in [0.3, 0.4) is 0 Å². The second-order valence-corrected chi connectivity index (χ2v) is 4.86. The number of aromatic nitrogens is 2. The zero-order valence-electron chi connectivity index (χ0n) is 9.12. The standard InChI is InChI=1S/C10H11N3O3S/c1-2-13-17(14,15)10-8(4-7-16-10)9-11-5-3-6-12-9/h3-7,13H,2H2,1H3. The number of furan rings is 1. The molecule has 0 aliphatic carbocycles. The van der Waals surface area contributed by atoms with E-state index in [1.807, 2.05) is 0 Å². The fraction of sp³-hybridized carbons (Fsp3) is 0.200. The topological polar surface area (TPSA) is 85.1 Å². The molecule has 0 aliphatic rings. The molecule has 0 saturated carbocycles. The molecule has 2 aromatic rings. The third kappa shape index (κ3) is 2.34. The Hall–Kier alpha value is -1.73. The van der Waals surface area contributed by atoms with E-state index in [0.29, 0.717) is 11.4 Å². The van der Waals surface area contributed by atoms with Crippen LogP contribution in [0.2, 0.25) is 0 Å². The Bertz CT molecular complexity index is 592. The number of hydrogen-bond acceptors (Lipinski definition) is 5. The lowest BCUT2D eigenvalue weighted by Gasteiger charge is -2.03. The van der Waals surface area contributed by atoms with Crippen LogP contribution in [0.1, 0.15) is 6.92 Å². The van der Waals surface area contributed by atoms with Gasteiger partial charge in [0.1, 0.15) is 0 Å². The molecule has 0 bridgehead atoms. The SMILES string of the molecule is CCNS(=O)(=O)c1occc1-c1ncccn1. The number of nitrogens with one attached hydrogen (secondary N) is 1. The molecule has 0 radical (unpaired) electrons. The summed E-state index contributed by atoms with van der Waals surface area (Å²) in [5, 5.41) is -0.162. The lowest BCUT2D eigenvalue weighted by atomic mass is 10.3. The van der Waals surface area contributed by atoms with Gasteiger partial charge in [-0.3, -0.25) is 0 Å². The van der Waals surface area contributed by atoms with Crippen LogP contribution in [0.4, 0.5) is 0 Å².